The number of carbonyl (C=O) groups excluding carboxylic acids is 2. The average Bonchev–Trinajstić information content (AvgIpc) is 1.89. The number of hydrogen-bond acceptors (Lipinski definition) is 4. The molecule has 0 fully saturated rings. The third-order valence-corrected chi connectivity index (χ3v) is 2.65. The van der Waals surface area contributed by atoms with Gasteiger partial charge in [0.15, 0.2) is 0 Å². The summed E-state index contributed by atoms with van der Waals surface area (Å²) in [7, 11) is 0. The van der Waals surface area contributed by atoms with E-state index in [1.54, 1.807) is 0 Å². The summed E-state index contributed by atoms with van der Waals surface area (Å²) < 4.78 is 10.6. The van der Waals surface area contributed by atoms with Crippen LogP contribution in [0.1, 0.15) is 68.2 Å². The molecule has 0 saturated heterocycles. The summed E-state index contributed by atoms with van der Waals surface area (Å²) in [6.07, 6.45) is 1.40. The second kappa shape index (κ2) is 5.93. The smallest absolute Gasteiger partial charge is 0.303 e. The van der Waals surface area contributed by atoms with Crippen LogP contribution in [0.3, 0.4) is 0 Å². The Kier molecular flexibility index (Phi) is 5.60. The molecule has 0 aromatic carbocycles. The van der Waals surface area contributed by atoms with Crippen LogP contribution < -0.4 is 0 Å². The Bertz CT molecular complexity index is 308. The molecular weight excluding hydrogens is 244 g/mol. The lowest BCUT2D eigenvalue weighted by Gasteiger charge is -2.39. The Morgan fingerprint density at radius 1 is 0.737 bits per heavy atom. The summed E-state index contributed by atoms with van der Waals surface area (Å²) in [4.78, 5) is 22.2. The molecule has 4 nitrogen and oxygen atoms in total. The van der Waals surface area contributed by atoms with Crippen LogP contribution >= 0.6 is 0 Å². The van der Waals surface area contributed by atoms with Gasteiger partial charge in [0.1, 0.15) is 11.2 Å². The molecule has 0 rings (SSSR count). The van der Waals surface area contributed by atoms with Crippen LogP contribution in [0.15, 0.2) is 0 Å². The van der Waals surface area contributed by atoms with Crippen molar-refractivity contribution in [3.63, 3.8) is 0 Å². The molecule has 19 heavy (non-hydrogen) atoms. The summed E-state index contributed by atoms with van der Waals surface area (Å²) in [6, 6.07) is 0. The van der Waals surface area contributed by atoms with Gasteiger partial charge in [-0.1, -0.05) is 13.8 Å². The molecule has 0 spiro atoms. The monoisotopic (exact) mass is 272 g/mol. The van der Waals surface area contributed by atoms with Crippen molar-refractivity contribution in [2.75, 3.05) is 0 Å². The van der Waals surface area contributed by atoms with Gasteiger partial charge in [-0.05, 0) is 46.0 Å². The summed E-state index contributed by atoms with van der Waals surface area (Å²) in [5, 5.41) is 0. The molecule has 0 aromatic heterocycles. The topological polar surface area (TPSA) is 52.6 Å². The third-order valence-electron chi connectivity index (χ3n) is 2.65. The maximum atomic E-state index is 11.1. The Hall–Kier alpha value is -1.06. The standard InChI is InChI=1S/C15H28O4/c1-11(16)18-14(5,6)9-13(3,4)10-15(7,8)19-12(2)17/h9-10H2,1-8H3. The summed E-state index contributed by atoms with van der Waals surface area (Å²) in [5.74, 6) is -0.555. The maximum absolute atomic E-state index is 11.1. The van der Waals surface area contributed by atoms with Crippen LogP contribution in [0.2, 0.25) is 0 Å². The Morgan fingerprint density at radius 2 is 1.00 bits per heavy atom. The van der Waals surface area contributed by atoms with Gasteiger partial charge in [-0.3, -0.25) is 9.59 Å². The molecule has 0 saturated carbocycles. The minimum Gasteiger partial charge on any atom is -0.460 e. The molecule has 0 aliphatic heterocycles. The van der Waals surface area contributed by atoms with Gasteiger partial charge in [0.2, 0.25) is 0 Å². The van der Waals surface area contributed by atoms with Gasteiger partial charge in [-0.2, -0.15) is 0 Å². The first-order chi connectivity index (χ1) is 8.25. The van der Waals surface area contributed by atoms with Crippen molar-refractivity contribution in [2.24, 2.45) is 5.41 Å². The van der Waals surface area contributed by atoms with E-state index in [4.69, 9.17) is 9.47 Å². The van der Waals surface area contributed by atoms with Crippen molar-refractivity contribution in [3.8, 4) is 0 Å². The van der Waals surface area contributed by atoms with Crippen molar-refractivity contribution < 1.29 is 19.1 Å². The number of ether oxygens (including phenoxy) is 2. The van der Waals surface area contributed by atoms with Crippen LogP contribution in [0, 0.1) is 5.41 Å². The highest BCUT2D eigenvalue weighted by Gasteiger charge is 2.36. The number of esters is 2. The van der Waals surface area contributed by atoms with Gasteiger partial charge in [-0.15, -0.1) is 0 Å². The Morgan fingerprint density at radius 3 is 1.21 bits per heavy atom. The van der Waals surface area contributed by atoms with Crippen LogP contribution in [0.25, 0.3) is 0 Å². The summed E-state index contributed by atoms with van der Waals surface area (Å²) in [6.45, 7) is 14.6. The third kappa shape index (κ3) is 8.62. The number of rotatable bonds is 6. The molecule has 0 radical (unpaired) electrons. The fourth-order valence-corrected chi connectivity index (χ4v) is 3.22. The minimum absolute atomic E-state index is 0.113. The number of hydrogen-bond donors (Lipinski definition) is 0. The zero-order chi connectivity index (χ0) is 15.5. The van der Waals surface area contributed by atoms with Crippen LogP contribution in [-0.2, 0) is 19.1 Å². The second-order valence-corrected chi connectivity index (χ2v) is 7.22. The summed E-state index contributed by atoms with van der Waals surface area (Å²) >= 11 is 0. The first kappa shape index (κ1) is 17.9. The van der Waals surface area contributed by atoms with Crippen LogP contribution in [0.4, 0.5) is 0 Å². The maximum Gasteiger partial charge on any atom is 0.303 e. The molecule has 0 aromatic rings. The van der Waals surface area contributed by atoms with E-state index >= 15 is 0 Å². The predicted octanol–water partition coefficient (Wildman–Crippen LogP) is 3.48. The van der Waals surface area contributed by atoms with Crippen molar-refractivity contribution in [3.05, 3.63) is 0 Å². The lowest BCUT2D eigenvalue weighted by atomic mass is 9.74. The Balaban J connectivity index is 4.71. The lowest BCUT2D eigenvalue weighted by molar-refractivity contribution is -0.160. The van der Waals surface area contributed by atoms with Gasteiger partial charge in [0.25, 0.3) is 0 Å². The second-order valence-electron chi connectivity index (χ2n) is 7.22. The molecule has 4 heteroatoms. The SMILES string of the molecule is CC(=O)OC(C)(C)CC(C)(C)CC(C)(C)OC(C)=O. The molecule has 0 aliphatic rings. The largest absolute Gasteiger partial charge is 0.460 e. The molecule has 0 N–H and O–H groups in total. The molecule has 0 unspecified atom stereocenters. The Labute approximate surface area is 116 Å². The molecule has 0 atom stereocenters. The van der Waals surface area contributed by atoms with Crippen LogP contribution in [0.5, 0.6) is 0 Å². The van der Waals surface area contributed by atoms with E-state index in [1.165, 1.54) is 13.8 Å². The zero-order valence-electron chi connectivity index (χ0n) is 13.5. The fraction of sp³-hybridized carbons (Fsp3) is 0.867. The van der Waals surface area contributed by atoms with Gasteiger partial charge in [0.05, 0.1) is 0 Å². The van der Waals surface area contributed by atoms with Crippen molar-refractivity contribution >= 4 is 11.9 Å². The molecule has 0 amide bonds. The fourth-order valence-electron chi connectivity index (χ4n) is 3.22. The van der Waals surface area contributed by atoms with Crippen molar-refractivity contribution in [1.29, 1.82) is 0 Å². The average molecular weight is 272 g/mol. The van der Waals surface area contributed by atoms with E-state index in [1.807, 2.05) is 27.7 Å². The minimum atomic E-state index is -0.526. The highest BCUT2D eigenvalue weighted by molar-refractivity contribution is 5.66. The summed E-state index contributed by atoms with van der Waals surface area (Å²) in [5.41, 5.74) is -1.17. The van der Waals surface area contributed by atoms with E-state index in [0.29, 0.717) is 12.8 Å². The predicted molar refractivity (Wildman–Crippen MR) is 74.7 cm³/mol. The zero-order valence-corrected chi connectivity index (χ0v) is 13.5. The molecular formula is C15H28O4. The highest BCUT2D eigenvalue weighted by Crippen LogP contribution is 2.38. The quantitative estimate of drug-likeness (QED) is 0.695. The molecule has 0 bridgehead atoms. The molecule has 112 valence electrons. The van der Waals surface area contributed by atoms with Gasteiger partial charge in [0, 0.05) is 13.8 Å². The van der Waals surface area contributed by atoms with Crippen molar-refractivity contribution in [2.45, 2.75) is 79.4 Å². The van der Waals surface area contributed by atoms with E-state index in [2.05, 4.69) is 13.8 Å². The van der Waals surface area contributed by atoms with Gasteiger partial charge < -0.3 is 9.47 Å². The van der Waals surface area contributed by atoms with E-state index in [9.17, 15) is 9.59 Å². The normalized spacial score (nSPS) is 13.1. The first-order valence-electron chi connectivity index (χ1n) is 6.64. The van der Waals surface area contributed by atoms with Gasteiger partial charge >= 0.3 is 11.9 Å². The highest BCUT2D eigenvalue weighted by atomic mass is 16.6. The molecule has 0 heterocycles. The van der Waals surface area contributed by atoms with Crippen LogP contribution in [-0.4, -0.2) is 23.1 Å². The lowest BCUT2D eigenvalue weighted by Crippen LogP contribution is -2.38. The van der Waals surface area contributed by atoms with E-state index in [0.717, 1.165) is 0 Å². The van der Waals surface area contributed by atoms with E-state index in [-0.39, 0.29) is 17.4 Å². The molecule has 0 aliphatic carbocycles. The van der Waals surface area contributed by atoms with Gasteiger partial charge in [-0.25, -0.2) is 0 Å². The number of carbonyl (C=O) groups is 2. The first-order valence-corrected chi connectivity index (χ1v) is 6.64. The van der Waals surface area contributed by atoms with E-state index < -0.39 is 11.2 Å². The van der Waals surface area contributed by atoms with Crippen molar-refractivity contribution in [1.82, 2.24) is 0 Å².